The fraction of sp³-hybridized carbons (Fsp3) is 0.395. The molecule has 2 N–H and O–H groups in total. The van der Waals surface area contributed by atoms with Crippen molar-refractivity contribution in [2.45, 2.75) is 79.7 Å². The van der Waals surface area contributed by atoms with Gasteiger partial charge >= 0.3 is 0 Å². The zero-order chi connectivity index (χ0) is 31.2. The van der Waals surface area contributed by atoms with Gasteiger partial charge in [0.15, 0.2) is 0 Å². The van der Waals surface area contributed by atoms with Crippen LogP contribution in [0, 0.1) is 17.7 Å². The molecule has 42 heavy (non-hydrogen) atoms. The molecule has 0 aliphatic rings. The Balaban J connectivity index is 0.00000114. The van der Waals surface area contributed by atoms with Crippen LogP contribution in [0.25, 0.3) is 0 Å². The Morgan fingerprint density at radius 3 is 2.00 bits per heavy atom. The molecule has 0 aliphatic heterocycles. The van der Waals surface area contributed by atoms with E-state index in [1.807, 2.05) is 78.9 Å². The van der Waals surface area contributed by atoms with Crippen LogP contribution in [0.2, 0.25) is 0 Å². The number of hydrogen-bond acceptors (Lipinski definition) is 2. The van der Waals surface area contributed by atoms with Crippen LogP contribution < -0.4 is 10.6 Å². The van der Waals surface area contributed by atoms with Crippen LogP contribution in [0.3, 0.4) is 0 Å². The minimum atomic E-state index is -0.151. The molecule has 0 aromatic heterocycles. The van der Waals surface area contributed by atoms with E-state index < -0.39 is 0 Å². The van der Waals surface area contributed by atoms with Gasteiger partial charge < -0.3 is 10.6 Å². The Morgan fingerprint density at radius 2 is 1.45 bits per heavy atom. The molecule has 0 radical (unpaired) electrons. The molecule has 1 unspecified atom stereocenters. The molecule has 0 saturated carbocycles. The van der Waals surface area contributed by atoms with E-state index in [1.54, 1.807) is 6.07 Å². The first-order valence-electron chi connectivity index (χ1n) is 15.3. The molecule has 0 heterocycles. The maximum atomic E-state index is 14.6. The summed E-state index contributed by atoms with van der Waals surface area (Å²) in [5, 5.41) is 6.09. The highest BCUT2D eigenvalue weighted by atomic mass is 19.1. The number of aryl methyl sites for hydroxylation is 1. The quantitative estimate of drug-likeness (QED) is 0.189. The van der Waals surface area contributed by atoms with Gasteiger partial charge in [0.05, 0.1) is 6.54 Å². The van der Waals surface area contributed by atoms with Gasteiger partial charge in [-0.15, -0.1) is 6.58 Å². The van der Waals surface area contributed by atoms with Crippen molar-refractivity contribution in [3.63, 3.8) is 0 Å². The lowest BCUT2D eigenvalue weighted by Gasteiger charge is -2.20. The van der Waals surface area contributed by atoms with Gasteiger partial charge in [0.2, 0.25) is 5.91 Å². The van der Waals surface area contributed by atoms with E-state index in [1.165, 1.54) is 6.42 Å². The van der Waals surface area contributed by atoms with Crippen molar-refractivity contribution < 1.29 is 9.18 Å². The first-order valence-corrected chi connectivity index (χ1v) is 15.3. The van der Waals surface area contributed by atoms with E-state index in [-0.39, 0.29) is 24.2 Å². The lowest BCUT2D eigenvalue weighted by molar-refractivity contribution is -0.120. The number of carbonyl (C=O) groups excluding carboxylic acids is 1. The van der Waals surface area contributed by atoms with E-state index in [9.17, 15) is 9.18 Å². The normalized spacial score (nSPS) is 10.8. The monoisotopic (exact) mass is 572 g/mol. The third-order valence-electron chi connectivity index (χ3n) is 6.13. The largest absolute Gasteiger partial charge is 0.380 e. The van der Waals surface area contributed by atoms with Crippen molar-refractivity contribution in [3.05, 3.63) is 132 Å². The second-order valence-corrected chi connectivity index (χ2v) is 11.3. The van der Waals surface area contributed by atoms with Gasteiger partial charge in [-0.25, -0.2) is 4.39 Å². The topological polar surface area (TPSA) is 41.1 Å². The summed E-state index contributed by atoms with van der Waals surface area (Å²) >= 11 is 0. The van der Waals surface area contributed by atoms with Gasteiger partial charge in [-0.3, -0.25) is 4.79 Å². The molecule has 0 aliphatic carbocycles. The molecule has 3 nitrogen and oxygen atoms in total. The summed E-state index contributed by atoms with van der Waals surface area (Å²) in [6, 6.07) is 25.3. The molecular weight excluding hydrogens is 519 g/mol. The standard InChI is InChI=1S/C31H35FN2O.C4H10.C3H8/c1-3-11-28(24(2)33-23-31(35)34-22-27-14-8-5-9-15-27)17-10-16-26-18-19-29(30(32)21-26)20-25-12-6-4-7-13-25;1-4(2)3;1-3-2/h3-9,12-15,18-19,21,28,33H,1-2,10-11,16-17,20,22-23H2,(H,34,35);4H,1-3H3;3H2,1-2H3. The number of benzene rings is 3. The highest BCUT2D eigenvalue weighted by Crippen LogP contribution is 2.21. The van der Waals surface area contributed by atoms with Gasteiger partial charge in [0.25, 0.3) is 0 Å². The van der Waals surface area contributed by atoms with Gasteiger partial charge in [-0.05, 0) is 59.9 Å². The number of rotatable bonds is 14. The Labute approximate surface area is 255 Å². The van der Waals surface area contributed by atoms with Gasteiger partial charge in [0, 0.05) is 24.6 Å². The Bertz CT molecular complexity index is 1160. The van der Waals surface area contributed by atoms with Crippen molar-refractivity contribution in [1.29, 1.82) is 0 Å². The molecule has 0 bridgehead atoms. The minimum absolute atomic E-state index is 0.0709. The van der Waals surface area contributed by atoms with Crippen LogP contribution in [0.5, 0.6) is 0 Å². The van der Waals surface area contributed by atoms with E-state index >= 15 is 0 Å². The maximum absolute atomic E-state index is 14.6. The first kappa shape index (κ1) is 36.4. The molecule has 4 heteroatoms. The highest BCUT2D eigenvalue weighted by Gasteiger charge is 2.13. The number of carbonyl (C=O) groups is 1. The van der Waals surface area contributed by atoms with Crippen molar-refractivity contribution in [2.24, 2.45) is 11.8 Å². The predicted octanol–water partition coefficient (Wildman–Crippen LogP) is 9.43. The summed E-state index contributed by atoms with van der Waals surface area (Å²) in [6.45, 7) is 19.5. The minimum Gasteiger partial charge on any atom is -0.380 e. The fourth-order valence-corrected chi connectivity index (χ4v) is 4.09. The molecular formula is C38H53FN2O. The smallest absolute Gasteiger partial charge is 0.239 e. The van der Waals surface area contributed by atoms with E-state index in [0.717, 1.165) is 54.0 Å². The van der Waals surface area contributed by atoms with Gasteiger partial charge in [-0.2, -0.15) is 0 Å². The van der Waals surface area contributed by atoms with Crippen molar-refractivity contribution >= 4 is 5.91 Å². The lowest BCUT2D eigenvalue weighted by atomic mass is 9.93. The first-order chi connectivity index (χ1) is 20.2. The summed E-state index contributed by atoms with van der Waals surface area (Å²) in [4.78, 5) is 12.2. The summed E-state index contributed by atoms with van der Waals surface area (Å²) < 4.78 is 14.6. The number of nitrogens with one attached hydrogen (secondary N) is 2. The van der Waals surface area contributed by atoms with E-state index in [0.29, 0.717) is 18.5 Å². The third-order valence-corrected chi connectivity index (χ3v) is 6.13. The maximum Gasteiger partial charge on any atom is 0.239 e. The SMILES string of the molecule is C=CCC(CCCc1ccc(Cc2ccccc2)c(F)c1)C(=C)NCC(=O)NCc1ccccc1.CC(C)C.CCC. The van der Waals surface area contributed by atoms with E-state index in [2.05, 4.69) is 58.4 Å². The number of allylic oxidation sites excluding steroid dienone is 2. The summed E-state index contributed by atoms with van der Waals surface area (Å²) in [5.41, 5.74) is 4.72. The molecule has 3 rings (SSSR count). The predicted molar refractivity (Wildman–Crippen MR) is 179 cm³/mol. The average Bonchev–Trinajstić information content (AvgIpc) is 2.97. The van der Waals surface area contributed by atoms with Crippen molar-refractivity contribution in [1.82, 2.24) is 10.6 Å². The van der Waals surface area contributed by atoms with Crippen molar-refractivity contribution in [2.75, 3.05) is 6.54 Å². The van der Waals surface area contributed by atoms with Crippen molar-refractivity contribution in [3.8, 4) is 0 Å². The molecule has 1 amide bonds. The van der Waals surface area contributed by atoms with Crippen LogP contribution in [0.4, 0.5) is 4.39 Å². The Morgan fingerprint density at radius 1 is 0.881 bits per heavy atom. The van der Waals surface area contributed by atoms with E-state index in [4.69, 9.17) is 0 Å². The molecule has 3 aromatic rings. The number of hydrogen-bond donors (Lipinski definition) is 2. The average molecular weight is 573 g/mol. The highest BCUT2D eigenvalue weighted by molar-refractivity contribution is 5.78. The lowest BCUT2D eigenvalue weighted by Crippen LogP contribution is -2.34. The second-order valence-electron chi connectivity index (χ2n) is 11.3. The molecule has 0 saturated heterocycles. The van der Waals surface area contributed by atoms with Crippen LogP contribution in [-0.4, -0.2) is 12.5 Å². The summed E-state index contributed by atoms with van der Waals surface area (Å²) in [6.07, 6.45) is 7.08. The molecule has 0 fully saturated rings. The molecule has 3 aromatic carbocycles. The number of halogens is 1. The molecule has 1 atom stereocenters. The molecule has 0 spiro atoms. The number of amides is 1. The summed E-state index contributed by atoms with van der Waals surface area (Å²) in [5.74, 6) is 0.789. The Hall–Kier alpha value is -3.66. The van der Waals surface area contributed by atoms with Crippen LogP contribution in [0.1, 0.15) is 82.6 Å². The zero-order valence-corrected chi connectivity index (χ0v) is 26.6. The Kier molecular flexibility index (Phi) is 19.1. The second kappa shape index (κ2) is 22.0. The third kappa shape index (κ3) is 16.6. The van der Waals surface area contributed by atoms with Crippen LogP contribution in [0.15, 0.2) is 104 Å². The van der Waals surface area contributed by atoms with Gasteiger partial charge in [-0.1, -0.05) is 126 Å². The van der Waals surface area contributed by atoms with Crippen LogP contribution in [-0.2, 0) is 24.2 Å². The fourth-order valence-electron chi connectivity index (χ4n) is 4.09. The summed E-state index contributed by atoms with van der Waals surface area (Å²) in [7, 11) is 0. The van der Waals surface area contributed by atoms with Gasteiger partial charge in [0.1, 0.15) is 5.82 Å². The zero-order valence-electron chi connectivity index (χ0n) is 26.6. The van der Waals surface area contributed by atoms with Crippen LogP contribution >= 0.6 is 0 Å². The molecule has 228 valence electrons.